The van der Waals surface area contributed by atoms with Crippen LogP contribution >= 0.6 is 0 Å². The summed E-state index contributed by atoms with van der Waals surface area (Å²) in [6, 6.07) is 3.03. The predicted octanol–water partition coefficient (Wildman–Crippen LogP) is 5.39. The van der Waals surface area contributed by atoms with Gasteiger partial charge in [-0.05, 0) is 80.2 Å². The van der Waals surface area contributed by atoms with Gasteiger partial charge < -0.3 is 4.84 Å². The Morgan fingerprint density at radius 3 is 2.08 bits per heavy atom. The summed E-state index contributed by atoms with van der Waals surface area (Å²) in [5.41, 5.74) is 0.447. The maximum absolute atomic E-state index is 14.1. The molecule has 0 spiro atoms. The molecule has 0 heterocycles. The standard InChI is InChI=1S/C20H29F2NO/c1-13-2-6-15(7-3-13)16-8-4-14(5-9-16)12-17-10-11-18(24-23)20(22)19(17)21/h10-11,13-16H,2-9,12,23H2,1H3. The van der Waals surface area contributed by atoms with Crippen LogP contribution in [0.4, 0.5) is 8.78 Å². The average molecular weight is 337 g/mol. The van der Waals surface area contributed by atoms with Crippen molar-refractivity contribution >= 4 is 0 Å². The lowest BCUT2D eigenvalue weighted by atomic mass is 9.69. The fourth-order valence-electron chi connectivity index (χ4n) is 4.75. The molecule has 2 aliphatic carbocycles. The van der Waals surface area contributed by atoms with Crippen molar-refractivity contribution in [2.75, 3.05) is 0 Å². The maximum atomic E-state index is 14.1. The van der Waals surface area contributed by atoms with Gasteiger partial charge in [0, 0.05) is 0 Å². The van der Waals surface area contributed by atoms with Crippen LogP contribution in [0.1, 0.15) is 63.9 Å². The molecule has 0 saturated heterocycles. The maximum Gasteiger partial charge on any atom is 0.203 e. The van der Waals surface area contributed by atoms with Gasteiger partial charge in [-0.1, -0.05) is 25.8 Å². The third-order valence-electron chi connectivity index (χ3n) is 6.38. The molecule has 2 fully saturated rings. The normalized spacial score (nSPS) is 31.0. The fourth-order valence-corrected chi connectivity index (χ4v) is 4.75. The van der Waals surface area contributed by atoms with Crippen molar-refractivity contribution in [2.45, 2.75) is 64.7 Å². The minimum Gasteiger partial charge on any atom is -0.408 e. The molecule has 0 aromatic heterocycles. The van der Waals surface area contributed by atoms with E-state index in [4.69, 9.17) is 5.90 Å². The van der Waals surface area contributed by atoms with Crippen molar-refractivity contribution in [3.63, 3.8) is 0 Å². The zero-order valence-electron chi connectivity index (χ0n) is 14.6. The second-order valence-electron chi connectivity index (χ2n) is 7.97. The number of rotatable bonds is 4. The molecule has 0 unspecified atom stereocenters. The van der Waals surface area contributed by atoms with Gasteiger partial charge in [-0.2, -0.15) is 10.3 Å². The lowest BCUT2D eigenvalue weighted by Gasteiger charge is -2.37. The third kappa shape index (κ3) is 3.90. The van der Waals surface area contributed by atoms with Crippen molar-refractivity contribution in [3.05, 3.63) is 29.3 Å². The van der Waals surface area contributed by atoms with Crippen LogP contribution in [0.15, 0.2) is 12.1 Å². The first-order valence-corrected chi connectivity index (χ1v) is 9.42. The van der Waals surface area contributed by atoms with Crippen LogP contribution in [0.25, 0.3) is 0 Å². The Labute approximate surface area is 143 Å². The number of halogens is 2. The molecular weight excluding hydrogens is 308 g/mol. The highest BCUT2D eigenvalue weighted by Gasteiger charge is 2.30. The molecule has 2 N–H and O–H groups in total. The zero-order valence-corrected chi connectivity index (χ0v) is 14.6. The Morgan fingerprint density at radius 2 is 1.50 bits per heavy atom. The quantitative estimate of drug-likeness (QED) is 0.747. The van der Waals surface area contributed by atoms with E-state index in [1.807, 2.05) is 0 Å². The van der Waals surface area contributed by atoms with Gasteiger partial charge >= 0.3 is 0 Å². The van der Waals surface area contributed by atoms with Gasteiger partial charge in [0.15, 0.2) is 11.6 Å². The fraction of sp³-hybridized carbons (Fsp3) is 0.700. The predicted molar refractivity (Wildman–Crippen MR) is 91.4 cm³/mol. The molecule has 0 radical (unpaired) electrons. The van der Waals surface area contributed by atoms with E-state index in [1.54, 1.807) is 6.07 Å². The smallest absolute Gasteiger partial charge is 0.203 e. The Bertz CT molecular complexity index is 547. The summed E-state index contributed by atoms with van der Waals surface area (Å²) >= 11 is 0. The molecule has 0 bridgehead atoms. The van der Waals surface area contributed by atoms with Crippen LogP contribution in [0.5, 0.6) is 5.75 Å². The van der Waals surface area contributed by atoms with E-state index >= 15 is 0 Å². The van der Waals surface area contributed by atoms with Crippen LogP contribution in [0, 0.1) is 35.3 Å². The van der Waals surface area contributed by atoms with Crippen molar-refractivity contribution in [1.82, 2.24) is 0 Å². The van der Waals surface area contributed by atoms with Crippen LogP contribution in [0.2, 0.25) is 0 Å². The number of hydrogen-bond acceptors (Lipinski definition) is 2. The Hall–Kier alpha value is -1.16. The van der Waals surface area contributed by atoms with Crippen molar-refractivity contribution < 1.29 is 13.6 Å². The molecule has 1 aromatic carbocycles. The highest BCUT2D eigenvalue weighted by molar-refractivity contribution is 5.31. The molecule has 0 atom stereocenters. The SMILES string of the molecule is CC1CCC(C2CCC(Cc3ccc(ON)c(F)c3F)CC2)CC1. The lowest BCUT2D eigenvalue weighted by Crippen LogP contribution is -2.26. The van der Waals surface area contributed by atoms with E-state index in [0.717, 1.165) is 30.6 Å². The summed E-state index contributed by atoms with van der Waals surface area (Å²) < 4.78 is 27.9. The van der Waals surface area contributed by atoms with E-state index in [-0.39, 0.29) is 5.75 Å². The monoisotopic (exact) mass is 337 g/mol. The zero-order chi connectivity index (χ0) is 17.1. The van der Waals surface area contributed by atoms with E-state index in [0.29, 0.717) is 17.9 Å². The molecule has 0 aliphatic heterocycles. The van der Waals surface area contributed by atoms with Crippen LogP contribution in [0.3, 0.4) is 0 Å². The summed E-state index contributed by atoms with van der Waals surface area (Å²) in [5.74, 6) is 6.05. The van der Waals surface area contributed by atoms with Crippen molar-refractivity contribution in [2.24, 2.45) is 29.6 Å². The number of hydrogen-bond donors (Lipinski definition) is 1. The second-order valence-corrected chi connectivity index (χ2v) is 7.97. The molecule has 4 heteroatoms. The van der Waals surface area contributed by atoms with Gasteiger partial charge in [-0.25, -0.2) is 4.39 Å². The highest BCUT2D eigenvalue weighted by atomic mass is 19.2. The molecule has 3 rings (SSSR count). The Balaban J connectivity index is 1.53. The first-order chi connectivity index (χ1) is 11.6. The van der Waals surface area contributed by atoms with Gasteiger partial charge in [0.1, 0.15) is 0 Å². The van der Waals surface area contributed by atoms with Crippen LogP contribution < -0.4 is 10.7 Å². The third-order valence-corrected chi connectivity index (χ3v) is 6.38. The minimum atomic E-state index is -0.972. The molecule has 0 amide bonds. The van der Waals surface area contributed by atoms with Crippen LogP contribution in [-0.4, -0.2) is 0 Å². The van der Waals surface area contributed by atoms with E-state index < -0.39 is 11.6 Å². The summed E-state index contributed by atoms with van der Waals surface area (Å²) in [7, 11) is 0. The van der Waals surface area contributed by atoms with Crippen molar-refractivity contribution in [3.8, 4) is 5.75 Å². The Kier molecular flexibility index (Phi) is 5.75. The van der Waals surface area contributed by atoms with E-state index in [9.17, 15) is 8.78 Å². The van der Waals surface area contributed by atoms with Crippen molar-refractivity contribution in [1.29, 1.82) is 0 Å². The summed E-state index contributed by atoms with van der Waals surface area (Å²) in [6.07, 6.45) is 10.9. The molecule has 2 aliphatic rings. The topological polar surface area (TPSA) is 35.2 Å². The van der Waals surface area contributed by atoms with Gasteiger partial charge in [0.2, 0.25) is 5.82 Å². The molecule has 2 nitrogen and oxygen atoms in total. The highest BCUT2D eigenvalue weighted by Crippen LogP contribution is 2.42. The molecular formula is C20H29F2NO. The van der Waals surface area contributed by atoms with Gasteiger partial charge in [0.05, 0.1) is 0 Å². The summed E-state index contributed by atoms with van der Waals surface area (Å²) in [4.78, 5) is 4.34. The van der Waals surface area contributed by atoms with Gasteiger partial charge in [-0.3, -0.25) is 0 Å². The molecule has 1 aromatic rings. The van der Waals surface area contributed by atoms with E-state index in [1.165, 1.54) is 44.6 Å². The van der Waals surface area contributed by atoms with E-state index in [2.05, 4.69) is 11.8 Å². The average Bonchev–Trinajstić information content (AvgIpc) is 2.61. The lowest BCUT2D eigenvalue weighted by molar-refractivity contribution is 0.150. The number of benzene rings is 1. The first-order valence-electron chi connectivity index (χ1n) is 9.42. The summed E-state index contributed by atoms with van der Waals surface area (Å²) in [6.45, 7) is 2.36. The number of nitrogens with two attached hydrogens (primary N) is 1. The largest absolute Gasteiger partial charge is 0.408 e. The minimum absolute atomic E-state index is 0.230. The first kappa shape index (κ1) is 17.7. The second kappa shape index (κ2) is 7.81. The molecule has 24 heavy (non-hydrogen) atoms. The summed E-state index contributed by atoms with van der Waals surface area (Å²) in [5, 5.41) is 0. The van der Waals surface area contributed by atoms with Gasteiger partial charge in [-0.15, -0.1) is 0 Å². The molecule has 134 valence electrons. The Morgan fingerprint density at radius 1 is 0.917 bits per heavy atom. The van der Waals surface area contributed by atoms with Gasteiger partial charge in [0.25, 0.3) is 0 Å². The van der Waals surface area contributed by atoms with Crippen LogP contribution in [-0.2, 0) is 6.42 Å². The molecule has 2 saturated carbocycles.